The van der Waals surface area contributed by atoms with Crippen LogP contribution in [-0.2, 0) is 16.1 Å². The summed E-state index contributed by atoms with van der Waals surface area (Å²) in [5.74, 6) is -0.420. The van der Waals surface area contributed by atoms with Crippen molar-refractivity contribution in [1.82, 2.24) is 14.5 Å². The highest BCUT2D eigenvalue weighted by Crippen LogP contribution is 2.29. The van der Waals surface area contributed by atoms with E-state index in [2.05, 4.69) is 27.1 Å². The van der Waals surface area contributed by atoms with Crippen LogP contribution < -0.4 is 15.8 Å². The van der Waals surface area contributed by atoms with E-state index >= 15 is 0 Å². The van der Waals surface area contributed by atoms with Crippen LogP contribution in [0.1, 0.15) is 30.1 Å². The maximum Gasteiger partial charge on any atom is 0.339 e. The molecule has 2 aromatic heterocycles. The minimum absolute atomic E-state index is 0.231. The molecule has 0 radical (unpaired) electrons. The summed E-state index contributed by atoms with van der Waals surface area (Å²) in [6.45, 7) is 3.81. The third-order valence-electron chi connectivity index (χ3n) is 5.22. The lowest BCUT2D eigenvalue weighted by molar-refractivity contribution is -0.116. The molecule has 0 aliphatic carbocycles. The summed E-state index contributed by atoms with van der Waals surface area (Å²) < 4.78 is 6.42. The average molecular weight is 442 g/mol. The molecule has 0 unspecified atom stereocenters. The van der Waals surface area contributed by atoms with Crippen molar-refractivity contribution < 1.29 is 14.3 Å². The molecular weight excluding hydrogens is 418 g/mol. The Labute approximate surface area is 182 Å². The molecular formula is C21H23N5O4S. The molecule has 3 aromatic rings. The maximum absolute atomic E-state index is 12.9. The smallest absolute Gasteiger partial charge is 0.339 e. The minimum atomic E-state index is -0.555. The number of fused-ring (bicyclic) bond motifs is 1. The van der Waals surface area contributed by atoms with Crippen LogP contribution >= 0.6 is 11.3 Å². The molecule has 1 aliphatic rings. The van der Waals surface area contributed by atoms with Crippen molar-refractivity contribution in [3.8, 4) is 0 Å². The van der Waals surface area contributed by atoms with Crippen LogP contribution in [0.15, 0.2) is 35.4 Å². The summed E-state index contributed by atoms with van der Waals surface area (Å²) in [5, 5.41) is 3.46. The molecule has 162 valence electrons. The molecule has 1 aliphatic heterocycles. The number of carbonyl (C=O) groups is 2. The van der Waals surface area contributed by atoms with Gasteiger partial charge in [-0.15, -0.1) is 0 Å². The number of methoxy groups -OCH3 is 1. The third-order valence-corrected chi connectivity index (χ3v) is 6.31. The number of piperidine rings is 1. The summed E-state index contributed by atoms with van der Waals surface area (Å²) in [5.41, 5.74) is 0.647. The van der Waals surface area contributed by atoms with Crippen LogP contribution in [0.5, 0.6) is 0 Å². The molecule has 10 heteroatoms. The average Bonchev–Trinajstić information content (AvgIpc) is 3.21. The first-order valence-corrected chi connectivity index (χ1v) is 10.9. The number of thiazole rings is 1. The number of amides is 1. The van der Waals surface area contributed by atoms with E-state index in [1.165, 1.54) is 35.8 Å². The van der Waals surface area contributed by atoms with Gasteiger partial charge >= 0.3 is 5.97 Å². The quantitative estimate of drug-likeness (QED) is 0.606. The summed E-state index contributed by atoms with van der Waals surface area (Å²) >= 11 is 1.31. The van der Waals surface area contributed by atoms with Crippen LogP contribution in [0.2, 0.25) is 0 Å². The molecule has 1 amide bonds. The SMILES string of the molecule is COC(=O)c1ccccc1NC(=O)Cn1cnc2nc(N3CCC[C@H](C)C3)sc2c1=O. The molecule has 0 spiro atoms. The van der Waals surface area contributed by atoms with Crippen molar-refractivity contribution in [3.63, 3.8) is 0 Å². The fourth-order valence-corrected chi connectivity index (χ4v) is 4.67. The molecule has 1 saturated heterocycles. The summed E-state index contributed by atoms with van der Waals surface area (Å²) in [4.78, 5) is 48.3. The highest BCUT2D eigenvalue weighted by atomic mass is 32.1. The second-order valence-corrected chi connectivity index (χ2v) is 8.58. The van der Waals surface area contributed by atoms with Gasteiger partial charge in [-0.2, -0.15) is 4.98 Å². The predicted molar refractivity (Wildman–Crippen MR) is 119 cm³/mol. The van der Waals surface area contributed by atoms with Crippen LogP contribution in [0.25, 0.3) is 10.3 Å². The van der Waals surface area contributed by atoms with E-state index < -0.39 is 11.9 Å². The van der Waals surface area contributed by atoms with Gasteiger partial charge in [0, 0.05) is 13.1 Å². The monoisotopic (exact) mass is 441 g/mol. The Bertz CT molecular complexity index is 1190. The fraction of sp³-hybridized carbons (Fsp3) is 0.381. The number of hydrogen-bond acceptors (Lipinski definition) is 8. The van der Waals surface area contributed by atoms with Gasteiger partial charge in [-0.05, 0) is 30.9 Å². The number of carbonyl (C=O) groups excluding carboxylic acids is 2. The number of anilines is 2. The van der Waals surface area contributed by atoms with E-state index in [0.29, 0.717) is 22.0 Å². The largest absolute Gasteiger partial charge is 0.465 e. The fourth-order valence-electron chi connectivity index (χ4n) is 3.67. The van der Waals surface area contributed by atoms with E-state index in [1.54, 1.807) is 24.3 Å². The zero-order chi connectivity index (χ0) is 22.0. The van der Waals surface area contributed by atoms with Crippen molar-refractivity contribution >= 4 is 44.4 Å². The summed E-state index contributed by atoms with van der Waals surface area (Å²) in [6, 6.07) is 6.53. The number of para-hydroxylation sites is 1. The van der Waals surface area contributed by atoms with Crippen molar-refractivity contribution in [2.75, 3.05) is 30.4 Å². The van der Waals surface area contributed by atoms with Gasteiger partial charge in [0.15, 0.2) is 10.8 Å². The molecule has 1 N–H and O–H groups in total. The van der Waals surface area contributed by atoms with Gasteiger partial charge in [-0.1, -0.05) is 30.4 Å². The molecule has 9 nitrogen and oxygen atoms in total. The lowest BCUT2D eigenvalue weighted by Gasteiger charge is -2.30. The first-order valence-electron chi connectivity index (χ1n) is 10.0. The van der Waals surface area contributed by atoms with Crippen molar-refractivity contribution in [1.29, 1.82) is 0 Å². The highest BCUT2D eigenvalue weighted by molar-refractivity contribution is 7.22. The van der Waals surface area contributed by atoms with Gasteiger partial charge < -0.3 is 15.0 Å². The van der Waals surface area contributed by atoms with E-state index in [1.807, 2.05) is 0 Å². The molecule has 31 heavy (non-hydrogen) atoms. The molecule has 0 bridgehead atoms. The molecule has 3 heterocycles. The van der Waals surface area contributed by atoms with Gasteiger partial charge in [0.25, 0.3) is 5.56 Å². The second-order valence-electron chi connectivity index (χ2n) is 7.61. The topological polar surface area (TPSA) is 106 Å². The van der Waals surface area contributed by atoms with Gasteiger partial charge in [0.2, 0.25) is 5.91 Å². The Hall–Kier alpha value is -3.27. The van der Waals surface area contributed by atoms with Gasteiger partial charge in [0.05, 0.1) is 18.4 Å². The van der Waals surface area contributed by atoms with Crippen LogP contribution in [0, 0.1) is 5.92 Å². The Balaban J connectivity index is 1.54. The van der Waals surface area contributed by atoms with Crippen LogP contribution in [-0.4, -0.2) is 46.6 Å². The second kappa shape index (κ2) is 8.84. The molecule has 0 saturated carbocycles. The van der Waals surface area contributed by atoms with Crippen LogP contribution in [0.3, 0.4) is 0 Å². The number of esters is 1. The first-order chi connectivity index (χ1) is 15.0. The zero-order valence-electron chi connectivity index (χ0n) is 17.3. The Morgan fingerprint density at radius 1 is 1.32 bits per heavy atom. The number of ether oxygens (including phenoxy) is 1. The van der Waals surface area contributed by atoms with Crippen molar-refractivity contribution in [2.24, 2.45) is 5.92 Å². The van der Waals surface area contributed by atoms with E-state index in [-0.39, 0.29) is 17.7 Å². The Morgan fingerprint density at radius 3 is 2.90 bits per heavy atom. The minimum Gasteiger partial charge on any atom is -0.465 e. The molecule has 4 rings (SSSR count). The first kappa shape index (κ1) is 21.0. The van der Waals surface area contributed by atoms with E-state index in [4.69, 9.17) is 4.74 Å². The van der Waals surface area contributed by atoms with Crippen molar-refractivity contribution in [3.05, 3.63) is 46.5 Å². The summed E-state index contributed by atoms with van der Waals surface area (Å²) in [6.07, 6.45) is 3.63. The number of aromatic nitrogens is 3. The van der Waals surface area contributed by atoms with Gasteiger partial charge in [-0.25, -0.2) is 9.78 Å². The zero-order valence-corrected chi connectivity index (χ0v) is 18.1. The third kappa shape index (κ3) is 4.43. The normalized spacial score (nSPS) is 16.3. The summed E-state index contributed by atoms with van der Waals surface area (Å²) in [7, 11) is 1.27. The van der Waals surface area contributed by atoms with E-state index in [9.17, 15) is 14.4 Å². The number of nitrogens with one attached hydrogen (secondary N) is 1. The van der Waals surface area contributed by atoms with Crippen molar-refractivity contribution in [2.45, 2.75) is 26.3 Å². The van der Waals surface area contributed by atoms with Gasteiger partial charge in [0.1, 0.15) is 17.6 Å². The van der Waals surface area contributed by atoms with Crippen LogP contribution in [0.4, 0.5) is 10.8 Å². The number of rotatable bonds is 5. The standard InChI is InChI=1S/C21H23N5O4S/c1-13-6-5-9-25(10-13)21-24-18-17(31-21)19(28)26(12-22-18)11-16(27)23-15-8-4-3-7-14(15)20(29)30-2/h3-4,7-8,12-13H,5-6,9-11H2,1-2H3,(H,23,27)/t13-/m0/s1. The predicted octanol–water partition coefficient (Wildman–Crippen LogP) is 2.51. The molecule has 1 aromatic carbocycles. The molecule has 1 atom stereocenters. The van der Waals surface area contributed by atoms with Gasteiger partial charge in [-0.3, -0.25) is 14.2 Å². The highest BCUT2D eigenvalue weighted by Gasteiger charge is 2.21. The van der Waals surface area contributed by atoms with E-state index in [0.717, 1.165) is 24.6 Å². The maximum atomic E-state index is 12.9. The molecule has 1 fully saturated rings. The lowest BCUT2D eigenvalue weighted by Crippen LogP contribution is -2.34. The number of nitrogens with zero attached hydrogens (tertiary/aromatic N) is 4. The number of hydrogen-bond donors (Lipinski definition) is 1. The Kier molecular flexibility index (Phi) is 5.99. The lowest BCUT2D eigenvalue weighted by atomic mass is 10.0. The Morgan fingerprint density at radius 2 is 2.13 bits per heavy atom. The number of benzene rings is 1.